The van der Waals surface area contributed by atoms with Crippen LogP contribution in [0.1, 0.15) is 16.7 Å². The van der Waals surface area contributed by atoms with Crippen LogP contribution in [-0.2, 0) is 6.61 Å². The van der Waals surface area contributed by atoms with Crippen LogP contribution in [0.4, 0.5) is 11.5 Å². The van der Waals surface area contributed by atoms with Gasteiger partial charge in [-0.3, -0.25) is 0 Å². The predicted molar refractivity (Wildman–Crippen MR) is 133 cm³/mol. The molecule has 4 nitrogen and oxygen atoms in total. The summed E-state index contributed by atoms with van der Waals surface area (Å²) in [6.07, 6.45) is 0. The molecule has 0 saturated carbocycles. The Hall–Kier alpha value is -3.53. The zero-order valence-electron chi connectivity index (χ0n) is 18.8. The molecule has 5 rings (SSSR count). The molecular weight excluding hydrogens is 394 g/mol. The molecule has 0 aliphatic carbocycles. The third-order valence-electron chi connectivity index (χ3n) is 6.28. The molecule has 0 spiro atoms. The highest BCUT2D eigenvalue weighted by Crippen LogP contribution is 2.28. The number of anilines is 2. The van der Waals surface area contributed by atoms with Gasteiger partial charge in [-0.2, -0.15) is 0 Å². The van der Waals surface area contributed by atoms with Crippen LogP contribution >= 0.6 is 0 Å². The normalized spacial score (nSPS) is 14.1. The molecule has 0 radical (unpaired) electrons. The van der Waals surface area contributed by atoms with E-state index >= 15 is 0 Å². The van der Waals surface area contributed by atoms with E-state index in [2.05, 4.69) is 90.4 Å². The van der Waals surface area contributed by atoms with Gasteiger partial charge in [-0.25, -0.2) is 4.98 Å². The van der Waals surface area contributed by atoms with E-state index in [-0.39, 0.29) is 0 Å². The Balaban J connectivity index is 1.34. The lowest BCUT2D eigenvalue weighted by Crippen LogP contribution is -2.46. The fourth-order valence-electron chi connectivity index (χ4n) is 4.35. The van der Waals surface area contributed by atoms with Crippen molar-refractivity contribution in [2.24, 2.45) is 0 Å². The molecule has 3 aromatic carbocycles. The minimum absolute atomic E-state index is 0.550. The fourth-order valence-corrected chi connectivity index (χ4v) is 4.35. The largest absolute Gasteiger partial charge is 0.487 e. The van der Waals surface area contributed by atoms with Crippen LogP contribution in [0.25, 0.3) is 10.9 Å². The summed E-state index contributed by atoms with van der Waals surface area (Å²) in [4.78, 5) is 9.85. The van der Waals surface area contributed by atoms with E-state index < -0.39 is 0 Å². The molecule has 0 amide bonds. The number of rotatable bonds is 5. The molecule has 4 heteroatoms. The summed E-state index contributed by atoms with van der Waals surface area (Å²) in [5.41, 5.74) is 5.94. The summed E-state index contributed by atoms with van der Waals surface area (Å²) in [6.45, 7) is 8.70. The molecule has 0 atom stereocenters. The van der Waals surface area contributed by atoms with Crippen LogP contribution in [0.15, 0.2) is 78.9 Å². The number of fused-ring (bicyclic) bond motifs is 1. The van der Waals surface area contributed by atoms with Gasteiger partial charge >= 0.3 is 0 Å². The number of ether oxygens (including phenoxy) is 1. The summed E-state index contributed by atoms with van der Waals surface area (Å²) < 4.78 is 6.27. The maximum atomic E-state index is 6.27. The summed E-state index contributed by atoms with van der Waals surface area (Å²) in [5.74, 6) is 1.86. The first-order chi connectivity index (χ1) is 15.7. The topological polar surface area (TPSA) is 28.6 Å². The Morgan fingerprint density at radius 1 is 0.781 bits per heavy atom. The third-order valence-corrected chi connectivity index (χ3v) is 6.28. The van der Waals surface area contributed by atoms with Crippen molar-refractivity contribution >= 4 is 22.4 Å². The fraction of sp³-hybridized carbons (Fsp3) is 0.250. The predicted octanol–water partition coefficient (Wildman–Crippen LogP) is 5.76. The van der Waals surface area contributed by atoms with E-state index in [1.807, 2.05) is 12.1 Å². The Bertz CT molecular complexity index is 1210. The number of piperazine rings is 1. The average molecular weight is 424 g/mol. The quantitative estimate of drug-likeness (QED) is 0.408. The van der Waals surface area contributed by atoms with Gasteiger partial charge in [0, 0.05) is 37.3 Å². The van der Waals surface area contributed by atoms with E-state index in [9.17, 15) is 0 Å². The standard InChI is InChI=1S/C28H29N3O/c1-21-11-12-22(2)24(19-21)20-32-26-10-6-7-23-13-14-27(29-28(23)26)31-17-15-30(16-18-31)25-8-4-3-5-9-25/h3-14,19H,15-18,20H2,1-2H3. The maximum Gasteiger partial charge on any atom is 0.146 e. The summed E-state index contributed by atoms with van der Waals surface area (Å²) in [7, 11) is 0. The lowest BCUT2D eigenvalue weighted by atomic mass is 10.1. The van der Waals surface area contributed by atoms with Crippen molar-refractivity contribution in [3.05, 3.63) is 95.6 Å². The molecule has 1 aromatic heterocycles. The first kappa shape index (κ1) is 20.4. The Morgan fingerprint density at radius 2 is 1.56 bits per heavy atom. The number of para-hydroxylation sites is 2. The number of hydrogen-bond acceptors (Lipinski definition) is 4. The van der Waals surface area contributed by atoms with Crippen molar-refractivity contribution in [3.8, 4) is 5.75 Å². The Morgan fingerprint density at radius 3 is 2.38 bits per heavy atom. The highest BCUT2D eigenvalue weighted by atomic mass is 16.5. The summed E-state index contributed by atoms with van der Waals surface area (Å²) >= 11 is 0. The van der Waals surface area contributed by atoms with Crippen molar-refractivity contribution in [2.45, 2.75) is 20.5 Å². The molecule has 1 saturated heterocycles. The van der Waals surface area contributed by atoms with Crippen molar-refractivity contribution in [3.63, 3.8) is 0 Å². The van der Waals surface area contributed by atoms with E-state index in [0.717, 1.165) is 48.6 Å². The zero-order chi connectivity index (χ0) is 21.9. The Kier molecular flexibility index (Phi) is 5.68. The Labute approximate surface area is 190 Å². The maximum absolute atomic E-state index is 6.27. The van der Waals surface area contributed by atoms with Gasteiger partial charge in [0.1, 0.15) is 23.7 Å². The van der Waals surface area contributed by atoms with Crippen LogP contribution in [-0.4, -0.2) is 31.2 Å². The zero-order valence-corrected chi connectivity index (χ0v) is 18.8. The molecule has 32 heavy (non-hydrogen) atoms. The monoisotopic (exact) mass is 423 g/mol. The lowest BCUT2D eigenvalue weighted by molar-refractivity contribution is 0.308. The summed E-state index contributed by atoms with van der Waals surface area (Å²) in [5, 5.41) is 1.11. The van der Waals surface area contributed by atoms with Gasteiger partial charge in [-0.1, -0.05) is 54.1 Å². The highest BCUT2D eigenvalue weighted by molar-refractivity contribution is 5.86. The molecule has 0 bridgehead atoms. The van der Waals surface area contributed by atoms with Crippen LogP contribution in [0, 0.1) is 13.8 Å². The van der Waals surface area contributed by atoms with Crippen molar-refractivity contribution in [1.29, 1.82) is 0 Å². The van der Waals surface area contributed by atoms with Gasteiger partial charge in [0.2, 0.25) is 0 Å². The van der Waals surface area contributed by atoms with Gasteiger partial charge in [-0.05, 0) is 55.3 Å². The minimum Gasteiger partial charge on any atom is -0.487 e. The lowest BCUT2D eigenvalue weighted by Gasteiger charge is -2.36. The number of pyridine rings is 1. The van der Waals surface area contributed by atoms with Gasteiger partial charge < -0.3 is 14.5 Å². The second kappa shape index (κ2) is 8.91. The third kappa shape index (κ3) is 4.26. The summed E-state index contributed by atoms with van der Waals surface area (Å²) in [6, 6.07) is 27.6. The van der Waals surface area contributed by atoms with Gasteiger partial charge in [0.25, 0.3) is 0 Å². The SMILES string of the molecule is Cc1ccc(C)c(COc2cccc3ccc(N4CCN(c5ccccc5)CC4)nc23)c1. The highest BCUT2D eigenvalue weighted by Gasteiger charge is 2.19. The second-order valence-electron chi connectivity index (χ2n) is 8.53. The van der Waals surface area contributed by atoms with Crippen molar-refractivity contribution in [1.82, 2.24) is 4.98 Å². The van der Waals surface area contributed by atoms with E-state index in [0.29, 0.717) is 6.61 Å². The van der Waals surface area contributed by atoms with E-state index in [1.54, 1.807) is 0 Å². The van der Waals surface area contributed by atoms with Gasteiger partial charge in [-0.15, -0.1) is 0 Å². The minimum atomic E-state index is 0.550. The van der Waals surface area contributed by atoms with Crippen molar-refractivity contribution < 1.29 is 4.74 Å². The van der Waals surface area contributed by atoms with Crippen molar-refractivity contribution in [2.75, 3.05) is 36.0 Å². The molecule has 0 N–H and O–H groups in total. The number of nitrogens with zero attached hydrogens (tertiary/aromatic N) is 3. The number of benzene rings is 3. The van der Waals surface area contributed by atoms with Crippen LogP contribution in [0.5, 0.6) is 5.75 Å². The second-order valence-corrected chi connectivity index (χ2v) is 8.53. The molecule has 1 fully saturated rings. The van der Waals surface area contributed by atoms with Crippen LogP contribution < -0.4 is 14.5 Å². The van der Waals surface area contributed by atoms with E-state index in [1.165, 1.54) is 22.4 Å². The smallest absolute Gasteiger partial charge is 0.146 e. The molecule has 162 valence electrons. The first-order valence-electron chi connectivity index (χ1n) is 11.3. The van der Waals surface area contributed by atoms with Crippen LogP contribution in [0.3, 0.4) is 0 Å². The average Bonchev–Trinajstić information content (AvgIpc) is 2.85. The number of aryl methyl sites for hydroxylation is 2. The molecule has 2 heterocycles. The van der Waals surface area contributed by atoms with Crippen LogP contribution in [0.2, 0.25) is 0 Å². The molecular formula is C28H29N3O. The van der Waals surface area contributed by atoms with E-state index in [4.69, 9.17) is 9.72 Å². The van der Waals surface area contributed by atoms with Gasteiger partial charge in [0.05, 0.1) is 0 Å². The molecule has 1 aliphatic rings. The number of hydrogen-bond donors (Lipinski definition) is 0. The van der Waals surface area contributed by atoms with Gasteiger partial charge in [0.15, 0.2) is 0 Å². The molecule has 4 aromatic rings. The molecule has 0 unspecified atom stereocenters. The number of aromatic nitrogens is 1. The first-order valence-corrected chi connectivity index (χ1v) is 11.3. The molecule has 1 aliphatic heterocycles.